The van der Waals surface area contributed by atoms with E-state index in [1.807, 2.05) is 24.3 Å². The number of aromatic nitrogens is 2. The number of hydrogen-bond donors (Lipinski definition) is 2. The minimum absolute atomic E-state index is 0.167. The molecule has 0 spiro atoms. The third kappa shape index (κ3) is 2.51. The molecule has 0 saturated carbocycles. The smallest absolute Gasteiger partial charge is 0.0905 e. The molecule has 21 heavy (non-hydrogen) atoms. The second-order valence-electron chi connectivity index (χ2n) is 4.92. The van der Waals surface area contributed by atoms with Crippen LogP contribution in [-0.4, -0.2) is 9.97 Å². The molecule has 2 aromatic heterocycles. The van der Waals surface area contributed by atoms with Gasteiger partial charge in [-0.1, -0.05) is 37.3 Å². The number of rotatable bonds is 4. The molecule has 106 valence electrons. The van der Waals surface area contributed by atoms with E-state index in [9.17, 15) is 0 Å². The fourth-order valence-corrected chi connectivity index (χ4v) is 2.69. The van der Waals surface area contributed by atoms with Crippen LogP contribution in [0.1, 0.15) is 29.8 Å². The second-order valence-corrected chi connectivity index (χ2v) is 4.92. The summed E-state index contributed by atoms with van der Waals surface area (Å²) in [5.41, 5.74) is 7.05. The number of pyridine rings is 2. The number of hydrogen-bond acceptors (Lipinski definition) is 4. The highest BCUT2D eigenvalue weighted by Crippen LogP contribution is 2.28. The van der Waals surface area contributed by atoms with Crippen LogP contribution >= 0.6 is 0 Å². The van der Waals surface area contributed by atoms with E-state index in [0.29, 0.717) is 0 Å². The second kappa shape index (κ2) is 5.99. The molecule has 0 bridgehead atoms. The molecule has 0 amide bonds. The monoisotopic (exact) mass is 278 g/mol. The average Bonchev–Trinajstić information content (AvgIpc) is 2.56. The highest BCUT2D eigenvalue weighted by molar-refractivity contribution is 5.82. The molecule has 0 aliphatic carbocycles. The standard InChI is InChI=1S/C17H18N4/c1-2-12-7-4-11-20-16(12)17(21-18)14-9-3-6-13-8-5-10-19-15(13)14/h3-11,17,21H,2,18H2,1H3. The van der Waals surface area contributed by atoms with Crippen LogP contribution in [0.25, 0.3) is 10.9 Å². The van der Waals surface area contributed by atoms with E-state index in [0.717, 1.165) is 28.6 Å². The normalized spacial score (nSPS) is 12.5. The van der Waals surface area contributed by atoms with Crippen molar-refractivity contribution in [1.29, 1.82) is 0 Å². The zero-order valence-corrected chi connectivity index (χ0v) is 12.0. The largest absolute Gasteiger partial charge is 0.271 e. The summed E-state index contributed by atoms with van der Waals surface area (Å²) in [6, 6.07) is 14.0. The van der Waals surface area contributed by atoms with E-state index < -0.39 is 0 Å². The van der Waals surface area contributed by atoms with E-state index in [2.05, 4.69) is 40.5 Å². The molecule has 3 aromatic rings. The van der Waals surface area contributed by atoms with Gasteiger partial charge in [-0.3, -0.25) is 15.8 Å². The van der Waals surface area contributed by atoms with Crippen molar-refractivity contribution in [1.82, 2.24) is 15.4 Å². The van der Waals surface area contributed by atoms with Crippen molar-refractivity contribution in [2.75, 3.05) is 0 Å². The van der Waals surface area contributed by atoms with Crippen LogP contribution in [0.5, 0.6) is 0 Å². The molecule has 0 aliphatic heterocycles. The number of para-hydroxylation sites is 1. The van der Waals surface area contributed by atoms with Crippen molar-refractivity contribution >= 4 is 10.9 Å². The van der Waals surface area contributed by atoms with Crippen molar-refractivity contribution in [3.63, 3.8) is 0 Å². The molecule has 1 unspecified atom stereocenters. The first-order chi connectivity index (χ1) is 10.3. The van der Waals surface area contributed by atoms with Gasteiger partial charge in [-0.05, 0) is 24.1 Å². The quantitative estimate of drug-likeness (QED) is 0.569. The molecule has 0 fully saturated rings. The number of nitrogens with zero attached hydrogens (tertiary/aromatic N) is 2. The number of hydrazine groups is 1. The zero-order chi connectivity index (χ0) is 14.7. The zero-order valence-electron chi connectivity index (χ0n) is 12.0. The summed E-state index contributed by atoms with van der Waals surface area (Å²) in [4.78, 5) is 9.04. The fourth-order valence-electron chi connectivity index (χ4n) is 2.69. The van der Waals surface area contributed by atoms with Crippen molar-refractivity contribution in [2.24, 2.45) is 5.84 Å². The molecule has 0 radical (unpaired) electrons. The molecule has 4 nitrogen and oxygen atoms in total. The Morgan fingerprint density at radius 2 is 1.81 bits per heavy atom. The van der Waals surface area contributed by atoms with Crippen LogP contribution in [0, 0.1) is 0 Å². The summed E-state index contributed by atoms with van der Waals surface area (Å²) in [5.74, 6) is 5.83. The van der Waals surface area contributed by atoms with Crippen LogP contribution in [0.3, 0.4) is 0 Å². The molecule has 1 atom stereocenters. The van der Waals surface area contributed by atoms with Crippen molar-refractivity contribution in [3.8, 4) is 0 Å². The van der Waals surface area contributed by atoms with Crippen LogP contribution < -0.4 is 11.3 Å². The van der Waals surface area contributed by atoms with Gasteiger partial charge in [-0.2, -0.15) is 0 Å². The number of fused-ring (bicyclic) bond motifs is 1. The first kappa shape index (κ1) is 13.7. The number of nitrogens with one attached hydrogen (secondary N) is 1. The predicted octanol–water partition coefficient (Wildman–Crippen LogP) is 2.74. The van der Waals surface area contributed by atoms with Gasteiger partial charge in [0.2, 0.25) is 0 Å². The topological polar surface area (TPSA) is 63.8 Å². The minimum atomic E-state index is -0.167. The Morgan fingerprint density at radius 1 is 1.05 bits per heavy atom. The Balaban J connectivity index is 2.19. The Bertz CT molecular complexity index is 749. The van der Waals surface area contributed by atoms with E-state index >= 15 is 0 Å². The SMILES string of the molecule is CCc1cccnc1C(NN)c1cccc2cccnc12. The molecular weight excluding hydrogens is 260 g/mol. The van der Waals surface area contributed by atoms with Crippen LogP contribution in [0.15, 0.2) is 54.9 Å². The summed E-state index contributed by atoms with van der Waals surface area (Å²) < 4.78 is 0. The Kier molecular flexibility index (Phi) is 3.90. The van der Waals surface area contributed by atoms with Gasteiger partial charge in [0.25, 0.3) is 0 Å². The van der Waals surface area contributed by atoms with Gasteiger partial charge in [0.1, 0.15) is 0 Å². The maximum atomic E-state index is 5.83. The minimum Gasteiger partial charge on any atom is -0.271 e. The maximum absolute atomic E-state index is 5.83. The van der Waals surface area contributed by atoms with Gasteiger partial charge in [0, 0.05) is 23.3 Å². The van der Waals surface area contributed by atoms with Gasteiger partial charge in [0.05, 0.1) is 17.3 Å². The van der Waals surface area contributed by atoms with Gasteiger partial charge < -0.3 is 0 Å². The lowest BCUT2D eigenvalue weighted by Crippen LogP contribution is -2.30. The van der Waals surface area contributed by atoms with Crippen LogP contribution in [0.4, 0.5) is 0 Å². The summed E-state index contributed by atoms with van der Waals surface area (Å²) in [6.45, 7) is 2.12. The molecule has 2 heterocycles. The van der Waals surface area contributed by atoms with Crippen LogP contribution in [0.2, 0.25) is 0 Å². The molecule has 3 rings (SSSR count). The Hall–Kier alpha value is -2.30. The molecule has 0 aliphatic rings. The highest BCUT2D eigenvalue weighted by atomic mass is 15.2. The Labute approximate surface area is 124 Å². The molecule has 4 heteroatoms. The van der Waals surface area contributed by atoms with E-state index in [-0.39, 0.29) is 6.04 Å². The third-order valence-corrected chi connectivity index (χ3v) is 3.72. The van der Waals surface area contributed by atoms with Crippen molar-refractivity contribution < 1.29 is 0 Å². The lowest BCUT2D eigenvalue weighted by atomic mass is 9.96. The predicted molar refractivity (Wildman–Crippen MR) is 84.5 cm³/mol. The van der Waals surface area contributed by atoms with E-state index in [4.69, 9.17) is 5.84 Å². The summed E-state index contributed by atoms with van der Waals surface area (Å²) in [6.07, 6.45) is 4.52. The van der Waals surface area contributed by atoms with Gasteiger partial charge in [0.15, 0.2) is 0 Å². The number of benzene rings is 1. The lowest BCUT2D eigenvalue weighted by molar-refractivity contribution is 0.617. The maximum Gasteiger partial charge on any atom is 0.0905 e. The van der Waals surface area contributed by atoms with Crippen LogP contribution in [-0.2, 0) is 6.42 Å². The third-order valence-electron chi connectivity index (χ3n) is 3.72. The molecular formula is C17H18N4. The average molecular weight is 278 g/mol. The van der Waals surface area contributed by atoms with E-state index in [1.165, 1.54) is 5.56 Å². The number of nitrogens with two attached hydrogens (primary N) is 1. The summed E-state index contributed by atoms with van der Waals surface area (Å²) >= 11 is 0. The first-order valence-corrected chi connectivity index (χ1v) is 7.08. The van der Waals surface area contributed by atoms with Gasteiger partial charge in [-0.15, -0.1) is 0 Å². The molecule has 3 N–H and O–H groups in total. The van der Waals surface area contributed by atoms with Gasteiger partial charge in [-0.25, -0.2) is 5.43 Å². The first-order valence-electron chi connectivity index (χ1n) is 7.08. The lowest BCUT2D eigenvalue weighted by Gasteiger charge is -2.19. The van der Waals surface area contributed by atoms with Crippen molar-refractivity contribution in [3.05, 3.63) is 71.7 Å². The molecule has 0 saturated heterocycles. The number of aryl methyl sites for hydroxylation is 1. The fraction of sp³-hybridized carbons (Fsp3) is 0.176. The van der Waals surface area contributed by atoms with E-state index in [1.54, 1.807) is 12.4 Å². The highest BCUT2D eigenvalue weighted by Gasteiger charge is 2.19. The summed E-state index contributed by atoms with van der Waals surface area (Å²) in [5, 5.41) is 1.10. The van der Waals surface area contributed by atoms with Gasteiger partial charge >= 0.3 is 0 Å². The van der Waals surface area contributed by atoms with Crippen molar-refractivity contribution in [2.45, 2.75) is 19.4 Å². The Morgan fingerprint density at radius 3 is 2.62 bits per heavy atom. The summed E-state index contributed by atoms with van der Waals surface area (Å²) in [7, 11) is 0. The molecule has 1 aromatic carbocycles.